The number of benzene rings is 1. The van der Waals surface area contributed by atoms with Crippen LogP contribution in [0.2, 0.25) is 10.0 Å². The monoisotopic (exact) mass is 344 g/mol. The number of unbranched alkanes of at least 4 members (excludes halogenated alkanes) is 2. The van der Waals surface area contributed by atoms with Crippen LogP contribution in [0.1, 0.15) is 40.0 Å². The first-order chi connectivity index (χ1) is 10.3. The summed E-state index contributed by atoms with van der Waals surface area (Å²) in [5.41, 5.74) is -0.752. The van der Waals surface area contributed by atoms with E-state index in [1.165, 1.54) is 6.07 Å². The smallest absolute Gasteiger partial charge is 0.239 e. The van der Waals surface area contributed by atoms with E-state index in [1.807, 2.05) is 0 Å². The van der Waals surface area contributed by atoms with Crippen LogP contribution < -0.4 is 10.6 Å². The van der Waals surface area contributed by atoms with Gasteiger partial charge < -0.3 is 10.6 Å². The molecule has 2 amide bonds. The minimum atomic E-state index is -1.19. The van der Waals surface area contributed by atoms with E-state index in [0.717, 1.165) is 19.3 Å². The first-order valence-electron chi connectivity index (χ1n) is 7.33. The molecule has 22 heavy (non-hydrogen) atoms. The Labute approximate surface area is 141 Å². The normalized spacial score (nSPS) is 11.1. The Morgan fingerprint density at radius 2 is 1.82 bits per heavy atom. The molecule has 0 aliphatic carbocycles. The van der Waals surface area contributed by atoms with E-state index in [2.05, 4.69) is 17.6 Å². The zero-order valence-electron chi connectivity index (χ0n) is 13.1. The van der Waals surface area contributed by atoms with Crippen LogP contribution in [0, 0.1) is 5.41 Å². The number of carbonyl (C=O) groups is 2. The Bertz CT molecular complexity index is 545. The highest BCUT2D eigenvalue weighted by Crippen LogP contribution is 2.27. The van der Waals surface area contributed by atoms with Crippen molar-refractivity contribution >= 4 is 40.7 Å². The molecule has 0 saturated heterocycles. The Balaban J connectivity index is 2.67. The number of nitrogens with one attached hydrogen (secondary N) is 2. The van der Waals surface area contributed by atoms with Gasteiger partial charge in [0.1, 0.15) is 5.41 Å². The maximum absolute atomic E-state index is 12.3. The fourth-order valence-corrected chi connectivity index (χ4v) is 2.23. The van der Waals surface area contributed by atoms with Gasteiger partial charge in [0.2, 0.25) is 11.8 Å². The zero-order valence-corrected chi connectivity index (χ0v) is 14.6. The van der Waals surface area contributed by atoms with Gasteiger partial charge in [-0.2, -0.15) is 0 Å². The van der Waals surface area contributed by atoms with Crippen molar-refractivity contribution in [2.45, 2.75) is 40.0 Å². The van der Waals surface area contributed by atoms with E-state index in [9.17, 15) is 9.59 Å². The van der Waals surface area contributed by atoms with Crippen molar-refractivity contribution in [2.75, 3.05) is 11.9 Å². The lowest BCUT2D eigenvalue weighted by molar-refractivity contribution is -0.138. The van der Waals surface area contributed by atoms with Crippen LogP contribution in [0.25, 0.3) is 0 Å². The predicted molar refractivity (Wildman–Crippen MR) is 91.4 cm³/mol. The molecule has 0 saturated carbocycles. The summed E-state index contributed by atoms with van der Waals surface area (Å²) < 4.78 is 0. The van der Waals surface area contributed by atoms with Crippen molar-refractivity contribution in [3.05, 3.63) is 28.2 Å². The highest BCUT2D eigenvalue weighted by atomic mass is 35.5. The number of amides is 2. The fraction of sp³-hybridized carbons (Fsp3) is 0.500. The minimum Gasteiger partial charge on any atom is -0.355 e. The predicted octanol–water partition coefficient (Wildman–Crippen LogP) is 4.26. The maximum Gasteiger partial charge on any atom is 0.239 e. The molecule has 6 heteroatoms. The van der Waals surface area contributed by atoms with Gasteiger partial charge >= 0.3 is 0 Å². The van der Waals surface area contributed by atoms with Crippen molar-refractivity contribution in [1.82, 2.24) is 5.32 Å². The van der Waals surface area contributed by atoms with Gasteiger partial charge in [-0.05, 0) is 38.5 Å². The first-order valence-corrected chi connectivity index (χ1v) is 8.09. The Kier molecular flexibility index (Phi) is 7.17. The quantitative estimate of drug-likeness (QED) is 0.573. The molecular weight excluding hydrogens is 323 g/mol. The standard InChI is InChI=1S/C16H22Cl2N2O2/c1-4-5-6-9-19-14(21)16(2,3)15(22)20-13-8-7-11(17)10-12(13)18/h7-8,10H,4-6,9H2,1-3H3,(H,19,21)(H,20,22). The summed E-state index contributed by atoms with van der Waals surface area (Å²) in [6.07, 6.45) is 3.03. The number of hydrogen-bond acceptors (Lipinski definition) is 2. The second-order valence-electron chi connectivity index (χ2n) is 5.67. The van der Waals surface area contributed by atoms with Gasteiger partial charge in [0, 0.05) is 11.6 Å². The molecule has 0 fully saturated rings. The summed E-state index contributed by atoms with van der Waals surface area (Å²) in [7, 11) is 0. The number of halogens is 2. The highest BCUT2D eigenvalue weighted by Gasteiger charge is 2.36. The van der Waals surface area contributed by atoms with Gasteiger partial charge in [-0.3, -0.25) is 9.59 Å². The van der Waals surface area contributed by atoms with Crippen molar-refractivity contribution in [3.8, 4) is 0 Å². The molecule has 0 aromatic heterocycles. The van der Waals surface area contributed by atoms with E-state index in [-0.39, 0.29) is 5.91 Å². The van der Waals surface area contributed by atoms with Crippen LogP contribution >= 0.6 is 23.2 Å². The van der Waals surface area contributed by atoms with Gasteiger partial charge in [0.05, 0.1) is 10.7 Å². The van der Waals surface area contributed by atoms with Crippen LogP contribution in [-0.4, -0.2) is 18.4 Å². The third-order valence-corrected chi connectivity index (χ3v) is 3.93. The SMILES string of the molecule is CCCCCNC(=O)C(C)(C)C(=O)Nc1ccc(Cl)cc1Cl. The Hall–Kier alpha value is -1.26. The average Bonchev–Trinajstić information content (AvgIpc) is 2.46. The van der Waals surface area contributed by atoms with E-state index < -0.39 is 11.3 Å². The summed E-state index contributed by atoms with van der Waals surface area (Å²) in [5, 5.41) is 6.28. The minimum absolute atomic E-state index is 0.300. The molecular formula is C16H22Cl2N2O2. The molecule has 0 heterocycles. The lowest BCUT2D eigenvalue weighted by atomic mass is 9.91. The third-order valence-electron chi connectivity index (χ3n) is 3.38. The van der Waals surface area contributed by atoms with Gasteiger partial charge in [-0.1, -0.05) is 43.0 Å². The van der Waals surface area contributed by atoms with Crippen molar-refractivity contribution in [3.63, 3.8) is 0 Å². The molecule has 0 radical (unpaired) electrons. The number of hydrogen-bond donors (Lipinski definition) is 2. The van der Waals surface area contributed by atoms with E-state index >= 15 is 0 Å². The molecule has 122 valence electrons. The summed E-state index contributed by atoms with van der Waals surface area (Å²) in [5.74, 6) is -0.712. The van der Waals surface area contributed by atoms with Crippen LogP contribution in [0.15, 0.2) is 18.2 Å². The summed E-state index contributed by atoms with van der Waals surface area (Å²) in [6, 6.07) is 4.77. The molecule has 0 spiro atoms. The second-order valence-corrected chi connectivity index (χ2v) is 6.51. The molecule has 1 rings (SSSR count). The Morgan fingerprint density at radius 1 is 1.14 bits per heavy atom. The highest BCUT2D eigenvalue weighted by molar-refractivity contribution is 6.36. The summed E-state index contributed by atoms with van der Waals surface area (Å²) >= 11 is 11.8. The van der Waals surface area contributed by atoms with Crippen molar-refractivity contribution in [1.29, 1.82) is 0 Å². The molecule has 4 nitrogen and oxygen atoms in total. The lowest BCUT2D eigenvalue weighted by Gasteiger charge is -2.23. The second kappa shape index (κ2) is 8.39. The molecule has 0 atom stereocenters. The molecule has 1 aromatic rings. The molecule has 1 aromatic carbocycles. The molecule has 2 N–H and O–H groups in total. The van der Waals surface area contributed by atoms with Crippen molar-refractivity contribution in [2.24, 2.45) is 5.41 Å². The van der Waals surface area contributed by atoms with Crippen LogP contribution in [-0.2, 0) is 9.59 Å². The summed E-state index contributed by atoms with van der Waals surface area (Å²) in [4.78, 5) is 24.5. The van der Waals surface area contributed by atoms with Crippen LogP contribution in [0.3, 0.4) is 0 Å². The van der Waals surface area contributed by atoms with Gasteiger partial charge in [-0.15, -0.1) is 0 Å². The van der Waals surface area contributed by atoms with Crippen LogP contribution in [0.5, 0.6) is 0 Å². The van der Waals surface area contributed by atoms with Gasteiger partial charge in [0.25, 0.3) is 0 Å². The number of anilines is 1. The van der Waals surface area contributed by atoms with Gasteiger partial charge in [0.15, 0.2) is 0 Å². The van der Waals surface area contributed by atoms with E-state index in [1.54, 1.807) is 26.0 Å². The molecule has 0 aliphatic heterocycles. The number of rotatable bonds is 7. The lowest BCUT2D eigenvalue weighted by Crippen LogP contribution is -2.45. The fourth-order valence-electron chi connectivity index (χ4n) is 1.77. The van der Waals surface area contributed by atoms with Gasteiger partial charge in [-0.25, -0.2) is 0 Å². The molecule has 0 aliphatic rings. The average molecular weight is 345 g/mol. The number of carbonyl (C=O) groups excluding carboxylic acids is 2. The summed E-state index contributed by atoms with van der Waals surface area (Å²) in [6.45, 7) is 5.84. The van der Waals surface area contributed by atoms with Crippen LogP contribution in [0.4, 0.5) is 5.69 Å². The topological polar surface area (TPSA) is 58.2 Å². The van der Waals surface area contributed by atoms with Crippen molar-refractivity contribution < 1.29 is 9.59 Å². The first kappa shape index (κ1) is 18.8. The molecule has 0 bridgehead atoms. The Morgan fingerprint density at radius 3 is 2.41 bits per heavy atom. The zero-order chi connectivity index (χ0) is 16.8. The third kappa shape index (κ3) is 5.18. The van der Waals surface area contributed by atoms with E-state index in [0.29, 0.717) is 22.3 Å². The molecule has 0 unspecified atom stereocenters. The maximum atomic E-state index is 12.3. The van der Waals surface area contributed by atoms with E-state index in [4.69, 9.17) is 23.2 Å². The largest absolute Gasteiger partial charge is 0.355 e.